The molecule has 0 fully saturated rings. The standard InChI is InChI=1S/C14H13FINO2S/c1-9-3-5-11(6-4-9)20(18,19)17-14-12(15)7-10(2)8-13(14)16/h3-8,17H,1-2H3. The van der Waals surface area contributed by atoms with Gasteiger partial charge in [-0.15, -0.1) is 0 Å². The number of aryl methyl sites for hydroxylation is 2. The van der Waals surface area contributed by atoms with Crippen LogP contribution in [0.15, 0.2) is 41.3 Å². The molecule has 0 aliphatic carbocycles. The van der Waals surface area contributed by atoms with Gasteiger partial charge in [-0.3, -0.25) is 4.72 Å². The first-order valence-corrected chi connectivity index (χ1v) is 8.41. The summed E-state index contributed by atoms with van der Waals surface area (Å²) in [6.45, 7) is 3.62. The molecular formula is C14H13FINO2S. The Labute approximate surface area is 131 Å². The van der Waals surface area contributed by atoms with Crippen LogP contribution < -0.4 is 4.72 Å². The lowest BCUT2D eigenvalue weighted by atomic mass is 10.2. The van der Waals surface area contributed by atoms with E-state index in [2.05, 4.69) is 4.72 Å². The van der Waals surface area contributed by atoms with Gasteiger partial charge in [-0.25, -0.2) is 12.8 Å². The molecule has 0 amide bonds. The van der Waals surface area contributed by atoms with Gasteiger partial charge in [-0.05, 0) is 66.3 Å². The van der Waals surface area contributed by atoms with E-state index in [9.17, 15) is 12.8 Å². The molecule has 2 aromatic rings. The lowest BCUT2D eigenvalue weighted by molar-refractivity contribution is 0.598. The number of hydrogen-bond donors (Lipinski definition) is 1. The first-order chi connectivity index (χ1) is 9.29. The van der Waals surface area contributed by atoms with Crippen LogP contribution in [0.4, 0.5) is 10.1 Å². The molecule has 0 radical (unpaired) electrons. The van der Waals surface area contributed by atoms with Crippen molar-refractivity contribution in [2.24, 2.45) is 0 Å². The molecule has 0 aliphatic rings. The van der Waals surface area contributed by atoms with Crippen molar-refractivity contribution < 1.29 is 12.8 Å². The highest BCUT2D eigenvalue weighted by atomic mass is 127. The van der Waals surface area contributed by atoms with E-state index in [0.717, 1.165) is 11.1 Å². The van der Waals surface area contributed by atoms with Crippen molar-refractivity contribution in [2.45, 2.75) is 18.7 Å². The van der Waals surface area contributed by atoms with Gasteiger partial charge in [0.25, 0.3) is 10.0 Å². The van der Waals surface area contributed by atoms with Gasteiger partial charge in [0.1, 0.15) is 5.82 Å². The summed E-state index contributed by atoms with van der Waals surface area (Å²) in [6, 6.07) is 9.41. The van der Waals surface area contributed by atoms with E-state index in [4.69, 9.17) is 0 Å². The minimum atomic E-state index is -3.78. The molecule has 20 heavy (non-hydrogen) atoms. The van der Waals surface area contributed by atoms with Gasteiger partial charge in [0, 0.05) is 3.57 Å². The zero-order valence-electron chi connectivity index (χ0n) is 10.9. The third-order valence-corrected chi connectivity index (χ3v) is 4.97. The molecule has 0 aliphatic heterocycles. The maximum Gasteiger partial charge on any atom is 0.262 e. The van der Waals surface area contributed by atoms with Crippen molar-refractivity contribution in [3.8, 4) is 0 Å². The number of benzene rings is 2. The molecule has 1 N–H and O–H groups in total. The highest BCUT2D eigenvalue weighted by Gasteiger charge is 2.18. The number of hydrogen-bond acceptors (Lipinski definition) is 2. The number of halogens is 2. The molecule has 2 rings (SSSR count). The zero-order chi connectivity index (χ0) is 14.9. The Morgan fingerprint density at radius 2 is 1.65 bits per heavy atom. The van der Waals surface area contributed by atoms with Crippen LogP contribution in [0.2, 0.25) is 0 Å². The average Bonchev–Trinajstić information content (AvgIpc) is 2.34. The second-order valence-corrected chi connectivity index (χ2v) is 7.37. The van der Waals surface area contributed by atoms with E-state index in [-0.39, 0.29) is 10.6 Å². The zero-order valence-corrected chi connectivity index (χ0v) is 13.9. The maximum absolute atomic E-state index is 13.9. The fourth-order valence-electron chi connectivity index (χ4n) is 1.71. The van der Waals surface area contributed by atoms with Crippen LogP contribution in [-0.4, -0.2) is 8.42 Å². The van der Waals surface area contributed by atoms with E-state index in [1.807, 2.05) is 29.5 Å². The Morgan fingerprint density at radius 1 is 1.05 bits per heavy atom. The van der Waals surface area contributed by atoms with Gasteiger partial charge in [0.2, 0.25) is 0 Å². The van der Waals surface area contributed by atoms with Crippen molar-refractivity contribution in [1.29, 1.82) is 0 Å². The van der Waals surface area contributed by atoms with E-state index in [0.29, 0.717) is 3.57 Å². The average molecular weight is 405 g/mol. The fraction of sp³-hybridized carbons (Fsp3) is 0.143. The van der Waals surface area contributed by atoms with Crippen LogP contribution in [0.5, 0.6) is 0 Å². The number of anilines is 1. The second-order valence-electron chi connectivity index (χ2n) is 4.52. The first kappa shape index (κ1) is 15.2. The molecule has 0 atom stereocenters. The van der Waals surface area contributed by atoms with Crippen LogP contribution in [-0.2, 0) is 10.0 Å². The minimum absolute atomic E-state index is 0.0169. The smallest absolute Gasteiger partial charge is 0.262 e. The topological polar surface area (TPSA) is 46.2 Å². The Hall–Kier alpha value is -1.15. The highest BCUT2D eigenvalue weighted by molar-refractivity contribution is 14.1. The summed E-state index contributed by atoms with van der Waals surface area (Å²) in [4.78, 5) is 0.110. The van der Waals surface area contributed by atoms with Gasteiger partial charge in [0.05, 0.1) is 10.6 Å². The van der Waals surface area contributed by atoms with Crippen molar-refractivity contribution in [1.82, 2.24) is 0 Å². The summed E-state index contributed by atoms with van der Waals surface area (Å²) in [5.74, 6) is -0.579. The van der Waals surface area contributed by atoms with Crippen molar-refractivity contribution in [2.75, 3.05) is 4.72 Å². The van der Waals surface area contributed by atoms with E-state index < -0.39 is 15.8 Å². The Balaban J connectivity index is 2.41. The minimum Gasteiger partial charge on any atom is -0.276 e. The summed E-state index contributed by atoms with van der Waals surface area (Å²) in [5, 5.41) is 0. The Morgan fingerprint density at radius 3 is 2.20 bits per heavy atom. The van der Waals surface area contributed by atoms with E-state index in [1.165, 1.54) is 18.2 Å². The van der Waals surface area contributed by atoms with Crippen LogP contribution in [0.1, 0.15) is 11.1 Å². The molecule has 0 spiro atoms. The van der Waals surface area contributed by atoms with Gasteiger partial charge < -0.3 is 0 Å². The van der Waals surface area contributed by atoms with Gasteiger partial charge in [0.15, 0.2) is 0 Å². The van der Waals surface area contributed by atoms with Crippen molar-refractivity contribution >= 4 is 38.3 Å². The van der Waals surface area contributed by atoms with Crippen molar-refractivity contribution in [3.05, 3.63) is 56.9 Å². The molecule has 0 aromatic heterocycles. The van der Waals surface area contributed by atoms with Gasteiger partial charge >= 0.3 is 0 Å². The largest absolute Gasteiger partial charge is 0.276 e. The molecule has 2 aromatic carbocycles. The molecular weight excluding hydrogens is 392 g/mol. The molecule has 0 saturated heterocycles. The Bertz CT molecular complexity index is 719. The number of sulfonamides is 1. The van der Waals surface area contributed by atoms with Crippen LogP contribution in [0.25, 0.3) is 0 Å². The second kappa shape index (κ2) is 5.69. The summed E-state index contributed by atoms with van der Waals surface area (Å²) < 4.78 is 41.2. The fourth-order valence-corrected chi connectivity index (χ4v) is 3.86. The predicted molar refractivity (Wildman–Crippen MR) is 85.8 cm³/mol. The quantitative estimate of drug-likeness (QED) is 0.789. The lowest BCUT2D eigenvalue weighted by Gasteiger charge is -2.11. The molecule has 0 unspecified atom stereocenters. The molecule has 0 heterocycles. The highest BCUT2D eigenvalue weighted by Crippen LogP contribution is 2.26. The normalized spacial score (nSPS) is 11.4. The monoisotopic (exact) mass is 405 g/mol. The maximum atomic E-state index is 13.9. The summed E-state index contributed by atoms with van der Waals surface area (Å²) >= 11 is 1.91. The molecule has 0 bridgehead atoms. The van der Waals surface area contributed by atoms with Crippen molar-refractivity contribution in [3.63, 3.8) is 0 Å². The van der Waals surface area contributed by atoms with Gasteiger partial charge in [-0.1, -0.05) is 17.7 Å². The summed E-state index contributed by atoms with van der Waals surface area (Å²) in [7, 11) is -3.78. The SMILES string of the molecule is Cc1ccc(S(=O)(=O)Nc2c(F)cc(C)cc2I)cc1. The molecule has 3 nitrogen and oxygen atoms in total. The predicted octanol–water partition coefficient (Wildman–Crippen LogP) is 3.85. The third kappa shape index (κ3) is 3.29. The molecule has 0 saturated carbocycles. The van der Waals surface area contributed by atoms with Crippen LogP contribution >= 0.6 is 22.6 Å². The first-order valence-electron chi connectivity index (χ1n) is 5.85. The van der Waals surface area contributed by atoms with Crippen LogP contribution in [0, 0.1) is 23.2 Å². The number of nitrogens with one attached hydrogen (secondary N) is 1. The third-order valence-electron chi connectivity index (χ3n) is 2.75. The Kier molecular flexibility index (Phi) is 4.33. The molecule has 6 heteroatoms. The van der Waals surface area contributed by atoms with Gasteiger partial charge in [-0.2, -0.15) is 0 Å². The lowest BCUT2D eigenvalue weighted by Crippen LogP contribution is -2.15. The summed E-state index contributed by atoms with van der Waals surface area (Å²) in [5.41, 5.74) is 1.68. The van der Waals surface area contributed by atoms with Crippen LogP contribution in [0.3, 0.4) is 0 Å². The molecule has 106 valence electrons. The summed E-state index contributed by atoms with van der Waals surface area (Å²) in [6.07, 6.45) is 0. The number of rotatable bonds is 3. The van der Waals surface area contributed by atoms with E-state index >= 15 is 0 Å². The van der Waals surface area contributed by atoms with E-state index in [1.54, 1.807) is 25.1 Å².